The van der Waals surface area contributed by atoms with Crippen LogP contribution in [0, 0.1) is 46.3 Å². The minimum atomic E-state index is -0.254. The summed E-state index contributed by atoms with van der Waals surface area (Å²) >= 11 is 0. The first-order valence-corrected chi connectivity index (χ1v) is 11.3. The zero-order chi connectivity index (χ0) is 18.9. The summed E-state index contributed by atoms with van der Waals surface area (Å²) in [6.07, 6.45) is 7.34. The summed E-state index contributed by atoms with van der Waals surface area (Å²) in [5.74, 6) is 2.84. The lowest BCUT2D eigenvalue weighted by molar-refractivity contribution is -0.206. The van der Waals surface area contributed by atoms with E-state index in [1.54, 1.807) is 0 Å². The first-order valence-electron chi connectivity index (χ1n) is 11.3. The van der Waals surface area contributed by atoms with Gasteiger partial charge in [0.15, 0.2) is 0 Å². The maximum absolute atomic E-state index is 11.4. The average molecular weight is 365 g/mol. The van der Waals surface area contributed by atoms with Crippen molar-refractivity contribution in [2.24, 2.45) is 46.3 Å². The molecule has 0 radical (unpaired) electrons. The molecule has 4 rings (SSSR count). The molecule has 3 N–H and O–H groups in total. The van der Waals surface area contributed by atoms with Crippen LogP contribution in [-0.4, -0.2) is 33.6 Å². The van der Waals surface area contributed by atoms with E-state index in [1.165, 1.54) is 19.3 Å². The molecule has 0 aromatic carbocycles. The van der Waals surface area contributed by atoms with Crippen molar-refractivity contribution in [1.29, 1.82) is 0 Å². The normalized spacial score (nSPS) is 57.8. The highest BCUT2D eigenvalue weighted by Crippen LogP contribution is 2.68. The third-order valence-electron chi connectivity index (χ3n) is 10.2. The van der Waals surface area contributed by atoms with E-state index in [0.29, 0.717) is 35.5 Å². The molecule has 0 bridgehead atoms. The number of hydrogen-bond acceptors (Lipinski definition) is 3. The second-order valence-corrected chi connectivity index (χ2v) is 10.9. The molecule has 4 fully saturated rings. The van der Waals surface area contributed by atoms with Crippen LogP contribution in [0.3, 0.4) is 0 Å². The first kappa shape index (κ1) is 19.2. The van der Waals surface area contributed by atoms with E-state index in [-0.39, 0.29) is 29.1 Å². The fourth-order valence-electron chi connectivity index (χ4n) is 8.42. The van der Waals surface area contributed by atoms with Gasteiger partial charge >= 0.3 is 0 Å². The van der Waals surface area contributed by atoms with Gasteiger partial charge in [0.1, 0.15) is 0 Å². The van der Waals surface area contributed by atoms with E-state index >= 15 is 0 Å². The lowest BCUT2D eigenvalue weighted by atomic mass is 9.43. The molecule has 0 aromatic heterocycles. The number of aliphatic hydroxyl groups excluding tert-OH is 3. The maximum Gasteiger partial charge on any atom is 0.0602 e. The van der Waals surface area contributed by atoms with Gasteiger partial charge in [-0.15, -0.1) is 0 Å². The Kier molecular flexibility index (Phi) is 4.77. The minimum absolute atomic E-state index is 0.0328. The van der Waals surface area contributed by atoms with Gasteiger partial charge in [0, 0.05) is 0 Å². The number of aliphatic hydroxyl groups is 3. The molecule has 11 atom stereocenters. The van der Waals surface area contributed by atoms with Gasteiger partial charge in [0.2, 0.25) is 0 Å². The fraction of sp³-hybridized carbons (Fsp3) is 1.00. The molecule has 0 unspecified atom stereocenters. The van der Waals surface area contributed by atoms with Gasteiger partial charge in [-0.25, -0.2) is 0 Å². The Labute approximate surface area is 159 Å². The van der Waals surface area contributed by atoms with Crippen LogP contribution >= 0.6 is 0 Å². The summed E-state index contributed by atoms with van der Waals surface area (Å²) < 4.78 is 0. The van der Waals surface area contributed by atoms with E-state index in [4.69, 9.17) is 0 Å². The predicted octanol–water partition coefficient (Wildman–Crippen LogP) is 3.99. The van der Waals surface area contributed by atoms with Crippen LogP contribution in [0.4, 0.5) is 0 Å². The van der Waals surface area contributed by atoms with Crippen LogP contribution < -0.4 is 0 Å². The van der Waals surface area contributed by atoms with Gasteiger partial charge in [0.25, 0.3) is 0 Å². The Bertz CT molecular complexity index is 536. The standard InChI is InChI=1S/C23H40O3/c1-5-13(2)16-6-7-17-21-18(12-20(26)23(16,17)4)22(3)9-8-15(24)10-14(22)11-19(21)25/h13-21,24-26H,5-12H2,1-4H3/t13-,14+,15-,16-,17+,18+,19-,20+,21+,22+,23-/m1/s1. The Morgan fingerprint density at radius 2 is 1.69 bits per heavy atom. The molecule has 150 valence electrons. The first-order chi connectivity index (χ1) is 12.2. The van der Waals surface area contributed by atoms with Crippen molar-refractivity contribution in [3.8, 4) is 0 Å². The fourth-order valence-corrected chi connectivity index (χ4v) is 8.42. The quantitative estimate of drug-likeness (QED) is 0.694. The summed E-state index contributed by atoms with van der Waals surface area (Å²) in [7, 11) is 0. The van der Waals surface area contributed by atoms with Crippen LogP contribution in [0.5, 0.6) is 0 Å². The van der Waals surface area contributed by atoms with Crippen LogP contribution in [0.25, 0.3) is 0 Å². The van der Waals surface area contributed by atoms with Crippen molar-refractivity contribution in [3.63, 3.8) is 0 Å². The van der Waals surface area contributed by atoms with Crippen LogP contribution in [0.2, 0.25) is 0 Å². The van der Waals surface area contributed by atoms with Gasteiger partial charge < -0.3 is 15.3 Å². The molecule has 26 heavy (non-hydrogen) atoms. The highest BCUT2D eigenvalue weighted by molar-refractivity contribution is 5.14. The molecule has 0 spiro atoms. The van der Waals surface area contributed by atoms with Crippen LogP contribution in [0.1, 0.15) is 79.1 Å². The Morgan fingerprint density at radius 3 is 2.38 bits per heavy atom. The zero-order valence-electron chi connectivity index (χ0n) is 17.2. The van der Waals surface area contributed by atoms with Crippen molar-refractivity contribution < 1.29 is 15.3 Å². The maximum atomic E-state index is 11.4. The molecule has 0 heterocycles. The molecule has 4 saturated carbocycles. The molecular formula is C23H40O3. The third kappa shape index (κ3) is 2.49. The predicted molar refractivity (Wildman–Crippen MR) is 103 cm³/mol. The van der Waals surface area contributed by atoms with Crippen molar-refractivity contribution >= 4 is 0 Å². The Balaban J connectivity index is 1.68. The smallest absolute Gasteiger partial charge is 0.0602 e. The largest absolute Gasteiger partial charge is 0.393 e. The zero-order valence-corrected chi connectivity index (χ0v) is 17.2. The summed E-state index contributed by atoms with van der Waals surface area (Å²) in [4.78, 5) is 0. The molecule has 0 saturated heterocycles. The van der Waals surface area contributed by atoms with Crippen molar-refractivity contribution in [1.82, 2.24) is 0 Å². The summed E-state index contributed by atoms with van der Waals surface area (Å²) in [5.41, 5.74) is 0.148. The molecule has 3 nitrogen and oxygen atoms in total. The Morgan fingerprint density at radius 1 is 0.962 bits per heavy atom. The van der Waals surface area contributed by atoms with E-state index in [0.717, 1.165) is 32.1 Å². The monoisotopic (exact) mass is 364 g/mol. The van der Waals surface area contributed by atoms with Crippen molar-refractivity contribution in [3.05, 3.63) is 0 Å². The third-order valence-corrected chi connectivity index (χ3v) is 10.2. The summed E-state index contributed by atoms with van der Waals surface area (Å²) in [6.45, 7) is 9.37. The van der Waals surface area contributed by atoms with Gasteiger partial charge in [-0.3, -0.25) is 0 Å². The second-order valence-electron chi connectivity index (χ2n) is 10.9. The van der Waals surface area contributed by atoms with Gasteiger partial charge in [-0.2, -0.15) is 0 Å². The van der Waals surface area contributed by atoms with Crippen LogP contribution in [0.15, 0.2) is 0 Å². The molecule has 0 aliphatic heterocycles. The minimum Gasteiger partial charge on any atom is -0.393 e. The van der Waals surface area contributed by atoms with Crippen molar-refractivity contribution in [2.75, 3.05) is 0 Å². The summed E-state index contributed by atoms with van der Waals surface area (Å²) in [5, 5.41) is 32.8. The topological polar surface area (TPSA) is 60.7 Å². The summed E-state index contributed by atoms with van der Waals surface area (Å²) in [6, 6.07) is 0. The average Bonchev–Trinajstić information content (AvgIpc) is 2.95. The van der Waals surface area contributed by atoms with Gasteiger partial charge in [0.05, 0.1) is 18.3 Å². The Hall–Kier alpha value is -0.120. The lowest BCUT2D eigenvalue weighted by Crippen LogP contribution is -2.62. The molecular weight excluding hydrogens is 324 g/mol. The van der Waals surface area contributed by atoms with Gasteiger partial charge in [-0.1, -0.05) is 34.1 Å². The molecule has 3 heteroatoms. The molecule has 0 amide bonds. The number of rotatable bonds is 2. The molecule has 0 aromatic rings. The van der Waals surface area contributed by atoms with Crippen LogP contribution in [-0.2, 0) is 0 Å². The molecule has 4 aliphatic rings. The van der Waals surface area contributed by atoms with E-state index in [2.05, 4.69) is 27.7 Å². The SMILES string of the molecule is CC[C@@H](C)[C@H]1CC[C@H]2[C@@H]3[C@H](O)C[C@@H]4C[C@H](O)CC[C@]4(C)[C@H]3C[C@H](O)[C@]12C. The van der Waals surface area contributed by atoms with Crippen molar-refractivity contribution in [2.45, 2.75) is 97.4 Å². The highest BCUT2D eigenvalue weighted by atomic mass is 16.3. The van der Waals surface area contributed by atoms with E-state index in [9.17, 15) is 15.3 Å². The van der Waals surface area contributed by atoms with E-state index in [1.807, 2.05) is 0 Å². The molecule has 4 aliphatic carbocycles. The second kappa shape index (κ2) is 6.46. The number of hydrogen-bond donors (Lipinski definition) is 3. The highest BCUT2D eigenvalue weighted by Gasteiger charge is 2.65. The van der Waals surface area contributed by atoms with Gasteiger partial charge in [-0.05, 0) is 91.3 Å². The lowest BCUT2D eigenvalue weighted by Gasteiger charge is -2.63. The number of fused-ring (bicyclic) bond motifs is 5. The van der Waals surface area contributed by atoms with E-state index < -0.39 is 0 Å².